The first-order chi connectivity index (χ1) is 16.2. The van der Waals surface area contributed by atoms with Gasteiger partial charge in [-0.3, -0.25) is 9.52 Å². The van der Waals surface area contributed by atoms with Gasteiger partial charge in [0, 0.05) is 17.4 Å². The van der Waals surface area contributed by atoms with Gasteiger partial charge < -0.3 is 5.32 Å². The summed E-state index contributed by atoms with van der Waals surface area (Å²) in [5.41, 5.74) is 5.03. The second-order valence-electron chi connectivity index (χ2n) is 8.24. The molecule has 0 bridgehead atoms. The maximum atomic E-state index is 13.4. The third kappa shape index (κ3) is 5.52. The lowest BCUT2D eigenvalue weighted by Crippen LogP contribution is -2.27. The lowest BCUT2D eigenvalue weighted by Gasteiger charge is -2.16. The Morgan fingerprint density at radius 3 is 2.41 bits per heavy atom. The van der Waals surface area contributed by atoms with E-state index in [1.807, 2.05) is 74.5 Å². The summed E-state index contributed by atoms with van der Waals surface area (Å²) in [6.07, 6.45) is 2.83. The maximum absolute atomic E-state index is 13.4. The third-order valence-electron chi connectivity index (χ3n) is 5.31. The highest BCUT2D eigenvalue weighted by molar-refractivity contribution is 7.92. The van der Waals surface area contributed by atoms with Crippen LogP contribution in [0.5, 0.6) is 0 Å². The first kappa shape index (κ1) is 23.3. The van der Waals surface area contributed by atoms with Gasteiger partial charge in [0.25, 0.3) is 5.91 Å². The monoisotopic (exact) mass is 474 g/mol. The molecule has 1 heterocycles. The zero-order chi connectivity index (χ0) is 24.3. The molecule has 0 radical (unpaired) electrons. The maximum Gasteiger partial charge on any atom is 0.255 e. The van der Waals surface area contributed by atoms with Gasteiger partial charge in [0.1, 0.15) is 5.69 Å². The summed E-state index contributed by atoms with van der Waals surface area (Å²) < 4.78 is 27.3. The van der Waals surface area contributed by atoms with Crippen LogP contribution in [-0.4, -0.2) is 30.4 Å². The van der Waals surface area contributed by atoms with Crippen LogP contribution in [0.4, 0.5) is 5.69 Å². The molecule has 8 heteroatoms. The molecule has 0 aliphatic carbocycles. The number of anilines is 1. The van der Waals surface area contributed by atoms with E-state index in [1.165, 1.54) is 0 Å². The number of para-hydroxylation sites is 1. The molecular formula is C26H26N4O3S. The topological polar surface area (TPSA) is 93.1 Å². The third-order valence-corrected chi connectivity index (χ3v) is 5.92. The number of nitrogens with zero attached hydrogens (tertiary/aromatic N) is 2. The Labute approximate surface area is 199 Å². The Hall–Kier alpha value is -3.91. The first-order valence-electron chi connectivity index (χ1n) is 10.8. The van der Waals surface area contributed by atoms with Gasteiger partial charge in [0.15, 0.2) is 0 Å². The lowest BCUT2D eigenvalue weighted by molar-refractivity contribution is 0.0940. The molecule has 4 aromatic rings. The summed E-state index contributed by atoms with van der Waals surface area (Å²) in [7, 11) is -3.40. The van der Waals surface area contributed by atoms with E-state index in [0.29, 0.717) is 16.9 Å². The quantitative estimate of drug-likeness (QED) is 0.406. The van der Waals surface area contributed by atoms with Crippen LogP contribution in [0.15, 0.2) is 85.1 Å². The zero-order valence-electron chi connectivity index (χ0n) is 19.2. The van der Waals surface area contributed by atoms with Crippen LogP contribution in [0.1, 0.15) is 34.5 Å². The summed E-state index contributed by atoms with van der Waals surface area (Å²) >= 11 is 0. The number of hydrogen-bond acceptors (Lipinski definition) is 4. The number of aryl methyl sites for hydroxylation is 1. The minimum Gasteiger partial charge on any atom is -0.345 e. The van der Waals surface area contributed by atoms with E-state index in [4.69, 9.17) is 5.10 Å². The molecule has 1 aromatic heterocycles. The summed E-state index contributed by atoms with van der Waals surface area (Å²) in [5.74, 6) is -0.271. The number of rotatable bonds is 7. The molecule has 174 valence electrons. The largest absolute Gasteiger partial charge is 0.345 e. The van der Waals surface area contributed by atoms with Crippen LogP contribution in [0.25, 0.3) is 16.9 Å². The molecule has 1 unspecified atom stereocenters. The van der Waals surface area contributed by atoms with Gasteiger partial charge in [0.2, 0.25) is 10.0 Å². The molecule has 0 saturated heterocycles. The molecular weight excluding hydrogens is 448 g/mol. The summed E-state index contributed by atoms with van der Waals surface area (Å²) in [5, 5.41) is 7.75. The molecule has 1 atom stereocenters. The molecule has 34 heavy (non-hydrogen) atoms. The van der Waals surface area contributed by atoms with E-state index in [1.54, 1.807) is 29.1 Å². The second kappa shape index (κ2) is 9.52. The van der Waals surface area contributed by atoms with Crippen molar-refractivity contribution in [1.29, 1.82) is 0 Å². The lowest BCUT2D eigenvalue weighted by atomic mass is 10.0. The van der Waals surface area contributed by atoms with Gasteiger partial charge in [0.05, 0.1) is 23.5 Å². The van der Waals surface area contributed by atoms with E-state index in [-0.39, 0.29) is 11.9 Å². The summed E-state index contributed by atoms with van der Waals surface area (Å²) in [6.45, 7) is 3.85. The molecule has 3 aromatic carbocycles. The van der Waals surface area contributed by atoms with E-state index < -0.39 is 10.0 Å². The smallest absolute Gasteiger partial charge is 0.255 e. The predicted molar refractivity (Wildman–Crippen MR) is 135 cm³/mol. The van der Waals surface area contributed by atoms with Crippen LogP contribution in [0.2, 0.25) is 0 Å². The molecule has 0 aliphatic rings. The Kier molecular flexibility index (Phi) is 6.51. The van der Waals surface area contributed by atoms with Gasteiger partial charge in [-0.05, 0) is 49.7 Å². The van der Waals surface area contributed by atoms with Crippen LogP contribution >= 0.6 is 0 Å². The Bertz CT molecular complexity index is 1430. The van der Waals surface area contributed by atoms with Crippen molar-refractivity contribution < 1.29 is 13.2 Å². The average Bonchev–Trinajstić information content (AvgIpc) is 3.24. The molecule has 1 amide bonds. The summed E-state index contributed by atoms with van der Waals surface area (Å²) in [4.78, 5) is 13.4. The SMILES string of the molecule is Cc1cccc(-c2nn(-c3ccccc3)cc2C(=O)NC(C)c2cccc(NS(C)(=O)=O)c2)c1. The zero-order valence-corrected chi connectivity index (χ0v) is 20.0. The minimum atomic E-state index is -3.40. The average molecular weight is 475 g/mol. The van der Waals surface area contributed by atoms with Crippen LogP contribution in [0, 0.1) is 6.92 Å². The highest BCUT2D eigenvalue weighted by Crippen LogP contribution is 2.26. The molecule has 0 saturated carbocycles. The van der Waals surface area contributed by atoms with Gasteiger partial charge in [-0.2, -0.15) is 5.10 Å². The fraction of sp³-hybridized carbons (Fsp3) is 0.154. The van der Waals surface area contributed by atoms with Gasteiger partial charge in [-0.1, -0.05) is 54.1 Å². The van der Waals surface area contributed by atoms with Crippen molar-refractivity contribution in [3.63, 3.8) is 0 Å². The molecule has 7 nitrogen and oxygen atoms in total. The first-order valence-corrected chi connectivity index (χ1v) is 12.7. The number of sulfonamides is 1. The van der Waals surface area contributed by atoms with E-state index in [2.05, 4.69) is 10.0 Å². The number of carbonyl (C=O) groups is 1. The number of hydrogen-bond donors (Lipinski definition) is 2. The van der Waals surface area contributed by atoms with E-state index in [0.717, 1.165) is 28.6 Å². The molecule has 2 N–H and O–H groups in total. The number of amides is 1. The van der Waals surface area contributed by atoms with Crippen molar-refractivity contribution in [2.75, 3.05) is 11.0 Å². The Morgan fingerprint density at radius 1 is 0.971 bits per heavy atom. The van der Waals surface area contributed by atoms with Gasteiger partial charge in [-0.25, -0.2) is 13.1 Å². The fourth-order valence-corrected chi connectivity index (χ4v) is 4.26. The number of carbonyl (C=O) groups excluding carboxylic acids is 1. The number of benzene rings is 3. The molecule has 0 spiro atoms. The van der Waals surface area contributed by atoms with Crippen molar-refractivity contribution in [2.24, 2.45) is 0 Å². The molecule has 0 fully saturated rings. The summed E-state index contributed by atoms with van der Waals surface area (Å²) in [6, 6.07) is 24.1. The fourth-order valence-electron chi connectivity index (χ4n) is 3.70. The Balaban J connectivity index is 1.66. The predicted octanol–water partition coefficient (Wildman–Crippen LogP) is 4.71. The molecule has 4 rings (SSSR count). The minimum absolute atomic E-state index is 0.271. The van der Waals surface area contributed by atoms with E-state index >= 15 is 0 Å². The van der Waals surface area contributed by atoms with Crippen molar-refractivity contribution in [3.05, 3.63) is 102 Å². The standard InChI is InChI=1S/C26H26N4O3S/c1-18-9-7-11-21(15-18)25-24(17-30(28-25)23-13-5-4-6-14-23)26(31)27-19(2)20-10-8-12-22(16-20)29-34(3,32)33/h4-17,19,29H,1-3H3,(H,27,31). The Morgan fingerprint density at radius 2 is 1.71 bits per heavy atom. The van der Waals surface area contributed by atoms with Crippen molar-refractivity contribution in [1.82, 2.24) is 15.1 Å². The highest BCUT2D eigenvalue weighted by Gasteiger charge is 2.21. The van der Waals surface area contributed by atoms with Gasteiger partial charge in [-0.15, -0.1) is 0 Å². The van der Waals surface area contributed by atoms with E-state index in [9.17, 15) is 13.2 Å². The normalized spacial score (nSPS) is 12.2. The van der Waals surface area contributed by atoms with Crippen molar-refractivity contribution in [2.45, 2.75) is 19.9 Å². The second-order valence-corrected chi connectivity index (χ2v) is 9.98. The van der Waals surface area contributed by atoms with Crippen LogP contribution in [0.3, 0.4) is 0 Å². The van der Waals surface area contributed by atoms with Gasteiger partial charge >= 0.3 is 0 Å². The van der Waals surface area contributed by atoms with Crippen molar-refractivity contribution >= 4 is 21.6 Å². The van der Waals surface area contributed by atoms with Crippen LogP contribution in [-0.2, 0) is 10.0 Å². The molecule has 0 aliphatic heterocycles. The number of aromatic nitrogens is 2. The van der Waals surface area contributed by atoms with Crippen molar-refractivity contribution in [3.8, 4) is 16.9 Å². The highest BCUT2D eigenvalue weighted by atomic mass is 32.2. The number of nitrogens with one attached hydrogen (secondary N) is 2. The van der Waals surface area contributed by atoms with Crippen LogP contribution < -0.4 is 10.0 Å².